The van der Waals surface area contributed by atoms with Crippen LogP contribution in [0.4, 0.5) is 0 Å². The molecule has 0 aromatic rings. The Morgan fingerprint density at radius 1 is 0.689 bits per heavy atom. The lowest BCUT2D eigenvalue weighted by atomic mass is 10.1. The highest BCUT2D eigenvalue weighted by Crippen LogP contribution is 2.43. The molecule has 3 unspecified atom stereocenters. The summed E-state index contributed by atoms with van der Waals surface area (Å²) in [6, 6.07) is -1.52. The lowest BCUT2D eigenvalue weighted by Crippen LogP contribution is -2.34. The predicted octanol–water partition coefficient (Wildman–Crippen LogP) is 7.55. The third-order valence-corrected chi connectivity index (χ3v) is 7.90. The topological polar surface area (TPSA) is 172 Å². The predicted molar refractivity (Wildman–Crippen MR) is 176 cm³/mol. The average molecular weight is 662 g/mol. The van der Waals surface area contributed by atoms with E-state index in [4.69, 9.17) is 24.8 Å². The van der Waals surface area contributed by atoms with Crippen LogP contribution in [0.3, 0.4) is 0 Å². The molecule has 0 heterocycles. The number of allylic oxidation sites excluding steroid dienone is 4. The summed E-state index contributed by atoms with van der Waals surface area (Å²) in [6.07, 6.45) is 26.4. The third kappa shape index (κ3) is 29.1. The third-order valence-electron chi connectivity index (χ3n) is 6.95. The van der Waals surface area contributed by atoms with Crippen LogP contribution in [0.5, 0.6) is 0 Å². The second kappa shape index (κ2) is 29.4. The lowest BCUT2D eigenvalue weighted by Gasteiger charge is -2.20. The molecule has 0 aliphatic carbocycles. The summed E-state index contributed by atoms with van der Waals surface area (Å²) in [5.74, 6) is -2.42. The SMILES string of the molecule is CCCCCC/C=C\C/C=C\CCCCCCCCCC(=O)OC(COC(=O)CCCCC)COP(=O)(O)OCC(N)C(=O)O. The zero-order chi connectivity index (χ0) is 33.6. The van der Waals surface area contributed by atoms with Gasteiger partial charge in [-0.05, 0) is 44.9 Å². The van der Waals surface area contributed by atoms with Gasteiger partial charge < -0.3 is 25.2 Å². The van der Waals surface area contributed by atoms with Gasteiger partial charge in [0.05, 0.1) is 13.2 Å². The standard InChI is InChI=1S/C33H60NO10P/c1-3-5-7-8-9-10-11-12-13-14-15-16-17-18-19-20-21-23-25-32(36)44-29(26-41-31(35)24-22-6-4-2)27-42-45(39,40)43-28-30(34)33(37)38/h10-11,13-14,29-30H,3-9,12,15-28,34H2,1-2H3,(H,37,38)(H,39,40)/b11-10-,14-13-. The molecule has 0 saturated carbocycles. The highest BCUT2D eigenvalue weighted by Gasteiger charge is 2.28. The highest BCUT2D eigenvalue weighted by molar-refractivity contribution is 7.47. The Labute approximate surface area is 270 Å². The maximum Gasteiger partial charge on any atom is 0.472 e. The van der Waals surface area contributed by atoms with Crippen molar-refractivity contribution in [1.82, 2.24) is 0 Å². The molecule has 0 aromatic heterocycles. The van der Waals surface area contributed by atoms with Gasteiger partial charge in [-0.15, -0.1) is 0 Å². The number of carbonyl (C=O) groups is 3. The second-order valence-corrected chi connectivity index (χ2v) is 12.8. The first-order valence-corrected chi connectivity index (χ1v) is 18.4. The lowest BCUT2D eigenvalue weighted by molar-refractivity contribution is -0.161. The van der Waals surface area contributed by atoms with Crippen molar-refractivity contribution >= 4 is 25.7 Å². The largest absolute Gasteiger partial charge is 0.480 e. The van der Waals surface area contributed by atoms with E-state index in [1.54, 1.807) is 0 Å². The number of rotatable bonds is 31. The molecule has 3 atom stereocenters. The van der Waals surface area contributed by atoms with Crippen LogP contribution in [0.15, 0.2) is 24.3 Å². The van der Waals surface area contributed by atoms with E-state index in [0.717, 1.165) is 51.4 Å². The van der Waals surface area contributed by atoms with Crippen LogP contribution < -0.4 is 5.73 Å². The number of phosphoric ester groups is 1. The van der Waals surface area contributed by atoms with Crippen molar-refractivity contribution in [2.75, 3.05) is 19.8 Å². The number of hydrogen-bond acceptors (Lipinski definition) is 9. The van der Waals surface area contributed by atoms with Crippen molar-refractivity contribution in [3.8, 4) is 0 Å². The number of esters is 2. The number of unbranched alkanes of at least 4 members (excludes halogenated alkanes) is 13. The quantitative estimate of drug-likeness (QED) is 0.0290. The van der Waals surface area contributed by atoms with E-state index in [1.165, 1.54) is 44.9 Å². The average Bonchev–Trinajstić information content (AvgIpc) is 3.00. The van der Waals surface area contributed by atoms with Crippen LogP contribution >= 0.6 is 7.82 Å². The van der Waals surface area contributed by atoms with Gasteiger partial charge in [0.15, 0.2) is 6.10 Å². The zero-order valence-corrected chi connectivity index (χ0v) is 28.6. The number of hydrogen-bond donors (Lipinski definition) is 3. The number of carboxylic acid groups (broad SMARTS) is 1. The molecular weight excluding hydrogens is 601 g/mol. The number of phosphoric acid groups is 1. The molecule has 0 fully saturated rings. The van der Waals surface area contributed by atoms with Crippen LogP contribution in [-0.4, -0.2) is 59.9 Å². The van der Waals surface area contributed by atoms with Crippen molar-refractivity contribution in [3.05, 3.63) is 24.3 Å². The normalized spacial score (nSPS) is 14.4. The second-order valence-electron chi connectivity index (χ2n) is 11.3. The molecule has 4 N–H and O–H groups in total. The van der Waals surface area contributed by atoms with Gasteiger partial charge in [0.1, 0.15) is 12.6 Å². The summed E-state index contributed by atoms with van der Waals surface area (Å²) in [5.41, 5.74) is 5.27. The number of carbonyl (C=O) groups excluding carboxylic acids is 2. The summed E-state index contributed by atoms with van der Waals surface area (Å²) in [6.45, 7) is 2.54. The molecular formula is C33H60NO10P. The van der Waals surface area contributed by atoms with E-state index in [1.807, 2.05) is 6.92 Å². The minimum Gasteiger partial charge on any atom is -0.480 e. The summed E-state index contributed by atoms with van der Waals surface area (Å²) < 4.78 is 32.1. The minimum atomic E-state index is -4.69. The fourth-order valence-electron chi connectivity index (χ4n) is 4.21. The van der Waals surface area contributed by atoms with Gasteiger partial charge >= 0.3 is 25.7 Å². The van der Waals surface area contributed by atoms with Gasteiger partial charge in [-0.2, -0.15) is 0 Å². The van der Waals surface area contributed by atoms with Crippen molar-refractivity contribution in [3.63, 3.8) is 0 Å². The first kappa shape index (κ1) is 43.0. The van der Waals surface area contributed by atoms with Crippen molar-refractivity contribution < 1.29 is 47.5 Å². The number of carboxylic acids is 1. The van der Waals surface area contributed by atoms with Crippen molar-refractivity contribution in [2.45, 2.75) is 148 Å². The first-order chi connectivity index (χ1) is 21.6. The number of nitrogens with two attached hydrogens (primary N) is 1. The van der Waals surface area contributed by atoms with Crippen LogP contribution in [-0.2, 0) is 37.5 Å². The Morgan fingerprint density at radius 2 is 1.18 bits per heavy atom. The molecule has 0 amide bonds. The molecule has 262 valence electrons. The van der Waals surface area contributed by atoms with Crippen LogP contribution in [0.25, 0.3) is 0 Å². The molecule has 0 aliphatic heterocycles. The molecule has 0 aliphatic rings. The van der Waals surface area contributed by atoms with Gasteiger partial charge in [-0.25, -0.2) is 4.57 Å². The van der Waals surface area contributed by atoms with Gasteiger partial charge in [0.2, 0.25) is 0 Å². The van der Waals surface area contributed by atoms with Gasteiger partial charge in [-0.3, -0.25) is 23.4 Å². The van der Waals surface area contributed by atoms with E-state index < -0.39 is 51.1 Å². The maximum atomic E-state index is 12.4. The minimum absolute atomic E-state index is 0.152. The first-order valence-electron chi connectivity index (χ1n) is 16.9. The molecule has 11 nitrogen and oxygen atoms in total. The highest BCUT2D eigenvalue weighted by atomic mass is 31.2. The molecule has 0 spiro atoms. The van der Waals surface area contributed by atoms with E-state index in [9.17, 15) is 23.8 Å². The molecule has 12 heteroatoms. The maximum absolute atomic E-state index is 12.4. The Bertz CT molecular complexity index is 880. The Kier molecular flexibility index (Phi) is 28.0. The summed E-state index contributed by atoms with van der Waals surface area (Å²) in [4.78, 5) is 45.0. The van der Waals surface area contributed by atoms with Gasteiger partial charge in [-0.1, -0.05) is 102 Å². The van der Waals surface area contributed by atoms with Gasteiger partial charge in [0, 0.05) is 12.8 Å². The number of ether oxygens (including phenoxy) is 2. The summed E-state index contributed by atoms with van der Waals surface area (Å²) >= 11 is 0. The Morgan fingerprint density at radius 3 is 1.78 bits per heavy atom. The summed E-state index contributed by atoms with van der Waals surface area (Å²) in [7, 11) is -4.69. The van der Waals surface area contributed by atoms with Gasteiger partial charge in [0.25, 0.3) is 0 Å². The van der Waals surface area contributed by atoms with Crippen molar-refractivity contribution in [2.24, 2.45) is 5.73 Å². The van der Waals surface area contributed by atoms with E-state index in [0.29, 0.717) is 12.8 Å². The van der Waals surface area contributed by atoms with Crippen LogP contribution in [0.1, 0.15) is 136 Å². The molecule has 0 aromatic carbocycles. The Balaban J connectivity index is 4.26. The van der Waals surface area contributed by atoms with Crippen LogP contribution in [0.2, 0.25) is 0 Å². The summed E-state index contributed by atoms with van der Waals surface area (Å²) in [5, 5.41) is 8.79. The molecule has 0 bridgehead atoms. The van der Waals surface area contributed by atoms with E-state index >= 15 is 0 Å². The van der Waals surface area contributed by atoms with E-state index in [-0.39, 0.29) is 19.4 Å². The molecule has 0 rings (SSSR count). The smallest absolute Gasteiger partial charge is 0.472 e. The fraction of sp³-hybridized carbons (Fsp3) is 0.788. The molecule has 0 radical (unpaired) electrons. The monoisotopic (exact) mass is 661 g/mol. The number of aliphatic carboxylic acids is 1. The molecule has 0 saturated heterocycles. The van der Waals surface area contributed by atoms with E-state index in [2.05, 4.69) is 35.8 Å². The van der Waals surface area contributed by atoms with Crippen molar-refractivity contribution in [1.29, 1.82) is 0 Å². The zero-order valence-electron chi connectivity index (χ0n) is 27.7. The molecule has 45 heavy (non-hydrogen) atoms. The fourth-order valence-corrected chi connectivity index (χ4v) is 4.99. The van der Waals surface area contributed by atoms with Crippen LogP contribution in [0, 0.1) is 0 Å². The Hall–Kier alpha value is -2.04.